The Morgan fingerprint density at radius 3 is 3.00 bits per heavy atom. The summed E-state index contributed by atoms with van der Waals surface area (Å²) in [5, 5.41) is 11.2. The van der Waals surface area contributed by atoms with E-state index in [1.807, 2.05) is 49.5 Å². The molecule has 0 fully saturated rings. The molecule has 0 radical (unpaired) electrons. The second-order valence-corrected chi connectivity index (χ2v) is 3.80. The molecular formula is C14H15NO. The number of aliphatic hydroxyl groups is 1. The van der Waals surface area contributed by atoms with E-state index >= 15 is 0 Å². The zero-order chi connectivity index (χ0) is 11.5. The van der Waals surface area contributed by atoms with E-state index in [2.05, 4.69) is 11.6 Å². The van der Waals surface area contributed by atoms with Crippen LogP contribution in [0.5, 0.6) is 0 Å². The molecule has 0 saturated carbocycles. The van der Waals surface area contributed by atoms with E-state index < -0.39 is 6.10 Å². The van der Waals surface area contributed by atoms with Gasteiger partial charge in [-0.3, -0.25) is 0 Å². The third-order valence-corrected chi connectivity index (χ3v) is 2.63. The van der Waals surface area contributed by atoms with E-state index in [0.717, 1.165) is 16.5 Å². The first-order valence-corrected chi connectivity index (χ1v) is 5.29. The standard InChI is InChI=1S/C14H15NO/c1-3-4-10(2)14(16)12-5-6-13-11(9-12)7-8-15-13/h3-9,14-16H,2H2,1H3. The van der Waals surface area contributed by atoms with Crippen LogP contribution in [0.3, 0.4) is 0 Å². The lowest BCUT2D eigenvalue weighted by atomic mass is 10.0. The first kappa shape index (κ1) is 10.7. The van der Waals surface area contributed by atoms with Gasteiger partial charge in [-0.2, -0.15) is 0 Å². The Balaban J connectivity index is 2.35. The Labute approximate surface area is 94.9 Å². The molecule has 2 aromatic rings. The van der Waals surface area contributed by atoms with E-state index in [1.54, 1.807) is 0 Å². The fourth-order valence-electron chi connectivity index (χ4n) is 1.76. The Morgan fingerprint density at radius 1 is 1.44 bits per heavy atom. The molecule has 0 aliphatic heterocycles. The molecule has 0 saturated heterocycles. The Kier molecular flexibility index (Phi) is 2.93. The lowest BCUT2D eigenvalue weighted by Gasteiger charge is -2.11. The zero-order valence-corrected chi connectivity index (χ0v) is 9.27. The summed E-state index contributed by atoms with van der Waals surface area (Å²) < 4.78 is 0. The van der Waals surface area contributed by atoms with Crippen molar-refractivity contribution in [2.75, 3.05) is 0 Å². The van der Waals surface area contributed by atoms with Crippen molar-refractivity contribution >= 4 is 10.9 Å². The van der Waals surface area contributed by atoms with Crippen molar-refractivity contribution in [2.45, 2.75) is 13.0 Å². The third-order valence-electron chi connectivity index (χ3n) is 2.63. The highest BCUT2D eigenvalue weighted by molar-refractivity contribution is 5.80. The Bertz CT molecular complexity index is 536. The molecule has 1 aromatic heterocycles. The molecule has 0 spiro atoms. The first-order valence-electron chi connectivity index (χ1n) is 5.29. The molecule has 2 N–H and O–H groups in total. The molecule has 16 heavy (non-hydrogen) atoms. The van der Waals surface area contributed by atoms with Crippen LogP contribution in [0.2, 0.25) is 0 Å². The summed E-state index contributed by atoms with van der Waals surface area (Å²) in [6.45, 7) is 5.75. The van der Waals surface area contributed by atoms with Crippen molar-refractivity contribution in [2.24, 2.45) is 0 Å². The summed E-state index contributed by atoms with van der Waals surface area (Å²) in [6.07, 6.45) is 4.96. The van der Waals surface area contributed by atoms with Gasteiger partial charge in [0.05, 0.1) is 0 Å². The summed E-state index contributed by atoms with van der Waals surface area (Å²) in [5.74, 6) is 0. The molecule has 0 bridgehead atoms. The summed E-state index contributed by atoms with van der Waals surface area (Å²) in [4.78, 5) is 3.12. The van der Waals surface area contributed by atoms with Gasteiger partial charge >= 0.3 is 0 Å². The molecule has 0 amide bonds. The van der Waals surface area contributed by atoms with Crippen LogP contribution in [-0.2, 0) is 0 Å². The summed E-state index contributed by atoms with van der Waals surface area (Å²) in [7, 11) is 0. The van der Waals surface area contributed by atoms with Gasteiger partial charge in [0.1, 0.15) is 6.10 Å². The first-order chi connectivity index (χ1) is 7.72. The fraction of sp³-hybridized carbons (Fsp3) is 0.143. The number of fused-ring (bicyclic) bond motifs is 1. The van der Waals surface area contributed by atoms with Crippen molar-refractivity contribution in [3.63, 3.8) is 0 Å². The molecule has 1 heterocycles. The molecule has 1 aromatic carbocycles. The van der Waals surface area contributed by atoms with Crippen molar-refractivity contribution in [1.82, 2.24) is 4.98 Å². The summed E-state index contributed by atoms with van der Waals surface area (Å²) in [6, 6.07) is 7.85. The lowest BCUT2D eigenvalue weighted by Crippen LogP contribution is -1.98. The minimum Gasteiger partial charge on any atom is -0.384 e. The van der Waals surface area contributed by atoms with Crippen LogP contribution >= 0.6 is 0 Å². The predicted molar refractivity (Wildman–Crippen MR) is 67.2 cm³/mol. The number of aromatic nitrogens is 1. The van der Waals surface area contributed by atoms with Crippen LogP contribution in [0.15, 0.2) is 54.8 Å². The number of rotatable bonds is 3. The predicted octanol–water partition coefficient (Wildman–Crippen LogP) is 3.33. The maximum atomic E-state index is 10.1. The summed E-state index contributed by atoms with van der Waals surface area (Å²) in [5.41, 5.74) is 2.65. The largest absolute Gasteiger partial charge is 0.384 e. The zero-order valence-electron chi connectivity index (χ0n) is 9.27. The van der Waals surface area contributed by atoms with Crippen molar-refractivity contribution in [3.05, 3.63) is 60.3 Å². The quantitative estimate of drug-likeness (QED) is 0.754. The van der Waals surface area contributed by atoms with Gasteiger partial charge in [0.25, 0.3) is 0 Å². The molecule has 0 aliphatic rings. The second-order valence-electron chi connectivity index (χ2n) is 3.80. The van der Waals surface area contributed by atoms with Gasteiger partial charge in [-0.15, -0.1) is 0 Å². The minimum absolute atomic E-state index is 0.629. The van der Waals surface area contributed by atoms with Crippen molar-refractivity contribution < 1.29 is 5.11 Å². The monoisotopic (exact) mass is 213 g/mol. The summed E-state index contributed by atoms with van der Waals surface area (Å²) >= 11 is 0. The molecular weight excluding hydrogens is 198 g/mol. The highest BCUT2D eigenvalue weighted by atomic mass is 16.3. The molecule has 2 heteroatoms. The second kappa shape index (κ2) is 4.37. The van der Waals surface area contributed by atoms with E-state index in [9.17, 15) is 5.11 Å². The van der Waals surface area contributed by atoms with Crippen molar-refractivity contribution in [1.29, 1.82) is 0 Å². The van der Waals surface area contributed by atoms with Gasteiger partial charge in [0.15, 0.2) is 0 Å². The molecule has 2 rings (SSSR count). The van der Waals surface area contributed by atoms with Crippen molar-refractivity contribution in [3.8, 4) is 0 Å². The highest BCUT2D eigenvalue weighted by Crippen LogP contribution is 2.24. The minimum atomic E-state index is -0.629. The SMILES string of the molecule is C=C(C=CC)C(O)c1ccc2[nH]ccc2c1. The molecule has 1 unspecified atom stereocenters. The maximum Gasteiger partial charge on any atom is 0.103 e. The van der Waals surface area contributed by atoms with Gasteiger partial charge in [-0.25, -0.2) is 0 Å². The van der Waals surface area contributed by atoms with Crippen LogP contribution in [0.4, 0.5) is 0 Å². The van der Waals surface area contributed by atoms with Gasteiger partial charge in [-0.1, -0.05) is 24.8 Å². The normalized spacial score (nSPS) is 13.4. The molecule has 2 nitrogen and oxygen atoms in total. The molecule has 1 atom stereocenters. The fourth-order valence-corrected chi connectivity index (χ4v) is 1.76. The van der Waals surface area contributed by atoms with Crippen LogP contribution in [0, 0.1) is 0 Å². The number of allylic oxidation sites excluding steroid dienone is 1. The average Bonchev–Trinajstić information content (AvgIpc) is 2.75. The third kappa shape index (κ3) is 1.92. The van der Waals surface area contributed by atoms with Crippen LogP contribution in [0.25, 0.3) is 10.9 Å². The number of benzene rings is 1. The van der Waals surface area contributed by atoms with E-state index in [1.165, 1.54) is 0 Å². The lowest BCUT2D eigenvalue weighted by molar-refractivity contribution is 0.220. The van der Waals surface area contributed by atoms with E-state index in [4.69, 9.17) is 0 Å². The number of nitrogens with one attached hydrogen (secondary N) is 1. The van der Waals surface area contributed by atoms with E-state index in [0.29, 0.717) is 5.57 Å². The van der Waals surface area contributed by atoms with Crippen LogP contribution < -0.4 is 0 Å². The van der Waals surface area contributed by atoms with Gasteiger partial charge in [0.2, 0.25) is 0 Å². The molecule has 82 valence electrons. The number of aromatic amines is 1. The van der Waals surface area contributed by atoms with Crippen LogP contribution in [0.1, 0.15) is 18.6 Å². The van der Waals surface area contributed by atoms with Gasteiger partial charge < -0.3 is 10.1 Å². The van der Waals surface area contributed by atoms with Crippen LogP contribution in [-0.4, -0.2) is 10.1 Å². The Morgan fingerprint density at radius 2 is 2.25 bits per heavy atom. The average molecular weight is 213 g/mol. The number of H-pyrrole nitrogens is 1. The maximum absolute atomic E-state index is 10.1. The number of hydrogen-bond donors (Lipinski definition) is 2. The topological polar surface area (TPSA) is 36.0 Å². The Hall–Kier alpha value is -1.80. The molecule has 0 aliphatic carbocycles. The number of aliphatic hydroxyl groups excluding tert-OH is 1. The van der Waals surface area contributed by atoms with E-state index in [-0.39, 0.29) is 0 Å². The smallest absolute Gasteiger partial charge is 0.103 e. The van der Waals surface area contributed by atoms with Gasteiger partial charge in [-0.05, 0) is 41.6 Å². The number of hydrogen-bond acceptors (Lipinski definition) is 1. The van der Waals surface area contributed by atoms with Gasteiger partial charge in [0, 0.05) is 11.7 Å². The highest BCUT2D eigenvalue weighted by Gasteiger charge is 2.09.